The fraction of sp³-hybridized carbons (Fsp3) is 0.0435. The topological polar surface area (TPSA) is 68.0 Å². The van der Waals surface area contributed by atoms with Crippen LogP contribution in [0.4, 0.5) is 10.2 Å². The second kappa shape index (κ2) is 8.12. The van der Waals surface area contributed by atoms with Crippen LogP contribution >= 0.6 is 11.6 Å². The maximum absolute atomic E-state index is 14.3. The molecule has 31 heavy (non-hydrogen) atoms. The summed E-state index contributed by atoms with van der Waals surface area (Å²) in [4.78, 5) is 4.50. The van der Waals surface area contributed by atoms with Crippen molar-refractivity contribution in [2.45, 2.75) is 6.04 Å². The van der Waals surface area contributed by atoms with Crippen LogP contribution in [-0.2, 0) is 0 Å². The Morgan fingerprint density at radius 3 is 2.58 bits per heavy atom. The molecule has 0 saturated carbocycles. The van der Waals surface area contributed by atoms with Crippen LogP contribution in [0.5, 0.6) is 0 Å². The van der Waals surface area contributed by atoms with Crippen LogP contribution in [0.1, 0.15) is 17.3 Å². The molecule has 0 amide bonds. The zero-order valence-corrected chi connectivity index (χ0v) is 16.9. The van der Waals surface area contributed by atoms with Crippen molar-refractivity contribution in [3.63, 3.8) is 0 Å². The minimum Gasteiger partial charge on any atom is -0.356 e. The number of hydrogen-bond donors (Lipinski definition) is 1. The predicted octanol–water partition coefficient (Wildman–Crippen LogP) is 5.18. The van der Waals surface area contributed by atoms with E-state index < -0.39 is 0 Å². The molecular formula is C23H16ClFN6. The first kappa shape index (κ1) is 19.1. The van der Waals surface area contributed by atoms with Gasteiger partial charge in [-0.15, -0.1) is 15.3 Å². The third-order valence-corrected chi connectivity index (χ3v) is 5.07. The molecule has 1 unspecified atom stereocenters. The number of halogens is 2. The molecule has 0 aliphatic carbocycles. The van der Waals surface area contributed by atoms with E-state index in [2.05, 4.69) is 25.6 Å². The highest BCUT2D eigenvalue weighted by Gasteiger charge is 2.18. The molecule has 3 heterocycles. The van der Waals surface area contributed by atoms with Crippen LogP contribution in [0.15, 0.2) is 85.1 Å². The molecule has 2 aromatic carbocycles. The van der Waals surface area contributed by atoms with Gasteiger partial charge in [-0.05, 0) is 54.1 Å². The molecule has 8 heteroatoms. The normalized spacial score (nSPS) is 12.1. The van der Waals surface area contributed by atoms with Gasteiger partial charge in [0.1, 0.15) is 11.6 Å². The molecule has 3 aromatic heterocycles. The molecule has 0 saturated heterocycles. The fourth-order valence-electron chi connectivity index (χ4n) is 3.39. The number of aromatic nitrogens is 5. The van der Waals surface area contributed by atoms with Crippen molar-refractivity contribution in [3.05, 3.63) is 107 Å². The van der Waals surface area contributed by atoms with E-state index in [1.54, 1.807) is 36.5 Å². The first-order valence-corrected chi connectivity index (χ1v) is 9.97. The number of rotatable bonds is 5. The monoisotopic (exact) mass is 430 g/mol. The highest BCUT2D eigenvalue weighted by molar-refractivity contribution is 6.30. The first-order valence-electron chi connectivity index (χ1n) is 9.59. The van der Waals surface area contributed by atoms with Gasteiger partial charge < -0.3 is 5.32 Å². The molecule has 1 atom stereocenters. The van der Waals surface area contributed by atoms with E-state index in [4.69, 9.17) is 11.6 Å². The molecule has 152 valence electrons. The molecule has 0 radical (unpaired) electrons. The lowest BCUT2D eigenvalue weighted by Gasteiger charge is -2.19. The largest absolute Gasteiger partial charge is 0.356 e. The van der Waals surface area contributed by atoms with Crippen molar-refractivity contribution in [1.29, 1.82) is 0 Å². The van der Waals surface area contributed by atoms with Crippen molar-refractivity contribution in [3.8, 4) is 11.4 Å². The zero-order valence-electron chi connectivity index (χ0n) is 16.2. The SMILES string of the molecule is Fc1ccccc1-c1nnc2ccc(NC(c3cccc(Cl)c3)c3ccccn3)nn12. The summed E-state index contributed by atoms with van der Waals surface area (Å²) in [6, 6.07) is 23.0. The Bertz CT molecular complexity index is 1350. The van der Waals surface area contributed by atoms with Gasteiger partial charge in [0.15, 0.2) is 11.5 Å². The number of anilines is 1. The van der Waals surface area contributed by atoms with Crippen LogP contribution < -0.4 is 5.32 Å². The van der Waals surface area contributed by atoms with Gasteiger partial charge in [-0.25, -0.2) is 4.39 Å². The van der Waals surface area contributed by atoms with E-state index in [1.165, 1.54) is 10.6 Å². The summed E-state index contributed by atoms with van der Waals surface area (Å²) in [7, 11) is 0. The number of fused-ring (bicyclic) bond motifs is 1. The Balaban J connectivity index is 1.58. The van der Waals surface area contributed by atoms with Crippen molar-refractivity contribution in [2.24, 2.45) is 0 Å². The molecule has 0 aliphatic heterocycles. The maximum Gasteiger partial charge on any atom is 0.188 e. The molecule has 1 N–H and O–H groups in total. The van der Waals surface area contributed by atoms with Gasteiger partial charge in [-0.2, -0.15) is 4.52 Å². The summed E-state index contributed by atoms with van der Waals surface area (Å²) in [6.07, 6.45) is 1.74. The summed E-state index contributed by atoms with van der Waals surface area (Å²) in [5, 5.41) is 16.9. The maximum atomic E-state index is 14.3. The lowest BCUT2D eigenvalue weighted by atomic mass is 10.0. The lowest BCUT2D eigenvalue weighted by molar-refractivity contribution is 0.629. The summed E-state index contributed by atoms with van der Waals surface area (Å²) in [5.41, 5.74) is 2.59. The molecule has 6 nitrogen and oxygen atoms in total. The Hall–Kier alpha value is -3.84. The minimum atomic E-state index is -0.387. The van der Waals surface area contributed by atoms with Crippen molar-refractivity contribution in [2.75, 3.05) is 5.32 Å². The highest BCUT2D eigenvalue weighted by Crippen LogP contribution is 2.27. The van der Waals surface area contributed by atoms with Crippen LogP contribution in [0.2, 0.25) is 5.02 Å². The minimum absolute atomic E-state index is 0.293. The first-order chi connectivity index (χ1) is 15.2. The van der Waals surface area contributed by atoms with E-state index in [0.717, 1.165) is 11.3 Å². The van der Waals surface area contributed by atoms with E-state index in [0.29, 0.717) is 27.9 Å². The standard InChI is InChI=1S/C23H16ClFN6/c24-16-7-5-6-15(14-16)22(19-10-3-4-13-26-19)27-20-11-12-21-28-29-23(31(21)30-20)17-8-1-2-9-18(17)25/h1-14,22H,(H,27,30). The van der Waals surface area contributed by atoms with Gasteiger partial charge in [0.25, 0.3) is 0 Å². The van der Waals surface area contributed by atoms with Crippen molar-refractivity contribution < 1.29 is 4.39 Å². The smallest absolute Gasteiger partial charge is 0.188 e. The van der Waals surface area contributed by atoms with Crippen LogP contribution in [0.25, 0.3) is 17.0 Å². The molecule has 0 fully saturated rings. The number of nitrogens with one attached hydrogen (secondary N) is 1. The quantitative estimate of drug-likeness (QED) is 0.416. The second-order valence-corrected chi connectivity index (χ2v) is 7.32. The molecule has 5 aromatic rings. The van der Waals surface area contributed by atoms with Gasteiger partial charge in [-0.3, -0.25) is 4.98 Å². The van der Waals surface area contributed by atoms with Gasteiger partial charge >= 0.3 is 0 Å². The Labute approximate surface area is 182 Å². The van der Waals surface area contributed by atoms with Gasteiger partial charge in [0.05, 0.1) is 17.3 Å². The Morgan fingerprint density at radius 2 is 1.77 bits per heavy atom. The predicted molar refractivity (Wildman–Crippen MR) is 117 cm³/mol. The van der Waals surface area contributed by atoms with Crippen molar-refractivity contribution in [1.82, 2.24) is 24.8 Å². The van der Waals surface area contributed by atoms with E-state index in [1.807, 2.05) is 42.5 Å². The number of nitrogens with zero attached hydrogens (tertiary/aromatic N) is 5. The fourth-order valence-corrected chi connectivity index (χ4v) is 3.58. The summed E-state index contributed by atoms with van der Waals surface area (Å²) in [6.45, 7) is 0. The molecule has 0 bridgehead atoms. The van der Waals surface area contributed by atoms with Crippen molar-refractivity contribution >= 4 is 23.1 Å². The Morgan fingerprint density at radius 1 is 0.903 bits per heavy atom. The van der Waals surface area contributed by atoms with Crippen LogP contribution in [0.3, 0.4) is 0 Å². The van der Waals surface area contributed by atoms with Crippen LogP contribution in [-0.4, -0.2) is 24.8 Å². The van der Waals surface area contributed by atoms with E-state index >= 15 is 0 Å². The molecule has 5 rings (SSSR count). The summed E-state index contributed by atoms with van der Waals surface area (Å²) in [5.74, 6) is 0.497. The average molecular weight is 431 g/mol. The van der Waals surface area contributed by atoms with Gasteiger partial charge in [-0.1, -0.05) is 41.9 Å². The molecule has 0 spiro atoms. The summed E-state index contributed by atoms with van der Waals surface area (Å²) >= 11 is 6.23. The lowest BCUT2D eigenvalue weighted by Crippen LogP contribution is -2.15. The van der Waals surface area contributed by atoms with E-state index in [9.17, 15) is 4.39 Å². The summed E-state index contributed by atoms with van der Waals surface area (Å²) < 4.78 is 15.8. The average Bonchev–Trinajstić information content (AvgIpc) is 3.21. The number of hydrogen-bond acceptors (Lipinski definition) is 5. The third-order valence-electron chi connectivity index (χ3n) is 4.84. The Kier molecular flexibility index (Phi) is 5.01. The molecule has 0 aliphatic rings. The van der Waals surface area contributed by atoms with Crippen LogP contribution in [0, 0.1) is 5.82 Å². The number of pyridine rings is 1. The zero-order chi connectivity index (χ0) is 21.2. The van der Waals surface area contributed by atoms with Gasteiger partial charge in [0.2, 0.25) is 0 Å². The number of benzene rings is 2. The van der Waals surface area contributed by atoms with E-state index in [-0.39, 0.29) is 11.9 Å². The van der Waals surface area contributed by atoms with Gasteiger partial charge in [0, 0.05) is 11.2 Å². The highest BCUT2D eigenvalue weighted by atomic mass is 35.5. The third kappa shape index (κ3) is 3.83. The second-order valence-electron chi connectivity index (χ2n) is 6.88. The molecular weight excluding hydrogens is 415 g/mol.